The molecule has 24 heavy (non-hydrogen) atoms. The van der Waals surface area contributed by atoms with Crippen LogP contribution < -0.4 is 4.74 Å². The minimum absolute atomic E-state index is 0.391. The summed E-state index contributed by atoms with van der Waals surface area (Å²) in [6.07, 6.45) is 0. The second-order valence-corrected chi connectivity index (χ2v) is 7.89. The lowest BCUT2D eigenvalue weighted by atomic mass is 10.2. The van der Waals surface area contributed by atoms with Crippen molar-refractivity contribution in [1.82, 2.24) is 14.8 Å². The summed E-state index contributed by atoms with van der Waals surface area (Å²) in [5, 5.41) is 9.36. The molecule has 0 spiro atoms. The highest BCUT2D eigenvalue weighted by atomic mass is 79.9. The number of ether oxygens (including phenoxy) is 1. The fourth-order valence-electron chi connectivity index (χ4n) is 2.05. The Morgan fingerprint density at radius 1 is 1.04 bits per heavy atom. The summed E-state index contributed by atoms with van der Waals surface area (Å²) in [5.41, 5.74) is 1.24. The number of aromatic nitrogens is 3. The van der Waals surface area contributed by atoms with Crippen LogP contribution in [0, 0.1) is 0 Å². The summed E-state index contributed by atoms with van der Waals surface area (Å²) in [6.45, 7) is 0.391. The van der Waals surface area contributed by atoms with E-state index in [-0.39, 0.29) is 0 Å². The maximum Gasteiger partial charge on any atom is 0.191 e. The van der Waals surface area contributed by atoms with E-state index in [2.05, 4.69) is 54.2 Å². The Morgan fingerprint density at radius 3 is 2.58 bits per heavy atom. The van der Waals surface area contributed by atoms with Crippen LogP contribution in [0.5, 0.6) is 5.75 Å². The summed E-state index contributed by atoms with van der Waals surface area (Å²) < 4.78 is 9.85. The van der Waals surface area contributed by atoms with Gasteiger partial charge in [0.15, 0.2) is 11.0 Å². The molecule has 0 saturated heterocycles. The van der Waals surface area contributed by atoms with Gasteiger partial charge in [-0.05, 0) is 42.0 Å². The zero-order chi connectivity index (χ0) is 16.9. The van der Waals surface area contributed by atoms with E-state index in [0.29, 0.717) is 6.61 Å². The molecule has 3 rings (SSSR count). The first-order chi connectivity index (χ1) is 11.6. The summed E-state index contributed by atoms with van der Waals surface area (Å²) in [7, 11) is 1.96. The van der Waals surface area contributed by atoms with E-state index in [9.17, 15) is 0 Å². The highest BCUT2D eigenvalue weighted by Crippen LogP contribution is 2.23. The molecular formula is C17H15Br2N3OS. The van der Waals surface area contributed by atoms with Crippen molar-refractivity contribution in [3.8, 4) is 5.75 Å². The van der Waals surface area contributed by atoms with E-state index in [0.717, 1.165) is 31.4 Å². The van der Waals surface area contributed by atoms with Crippen molar-refractivity contribution in [2.45, 2.75) is 17.5 Å². The van der Waals surface area contributed by atoms with Crippen molar-refractivity contribution >= 4 is 43.6 Å². The normalized spacial score (nSPS) is 10.8. The largest absolute Gasteiger partial charge is 0.486 e. The van der Waals surface area contributed by atoms with Crippen molar-refractivity contribution in [3.63, 3.8) is 0 Å². The number of benzene rings is 2. The number of halogens is 2. The van der Waals surface area contributed by atoms with Crippen molar-refractivity contribution in [2.24, 2.45) is 7.05 Å². The smallest absolute Gasteiger partial charge is 0.191 e. The molecule has 2 aromatic carbocycles. The SMILES string of the molecule is Cn1c(COc2ccc(Br)cc2)nnc1SCc1cccc(Br)c1. The Balaban J connectivity index is 1.60. The minimum Gasteiger partial charge on any atom is -0.486 e. The number of nitrogens with zero attached hydrogens (tertiary/aromatic N) is 3. The second kappa shape index (κ2) is 8.18. The van der Waals surface area contributed by atoms with Gasteiger partial charge in [-0.2, -0.15) is 0 Å². The van der Waals surface area contributed by atoms with Crippen LogP contribution in [0.2, 0.25) is 0 Å². The van der Waals surface area contributed by atoms with Gasteiger partial charge in [0.05, 0.1) is 0 Å². The number of rotatable bonds is 6. The van der Waals surface area contributed by atoms with Crippen LogP contribution in [-0.4, -0.2) is 14.8 Å². The molecule has 0 aliphatic rings. The molecule has 1 heterocycles. The highest BCUT2D eigenvalue weighted by Gasteiger charge is 2.10. The molecule has 0 saturated carbocycles. The third kappa shape index (κ3) is 4.62. The van der Waals surface area contributed by atoms with Gasteiger partial charge in [-0.3, -0.25) is 0 Å². The fraction of sp³-hybridized carbons (Fsp3) is 0.176. The summed E-state index contributed by atoms with van der Waals surface area (Å²) >= 11 is 8.56. The average molecular weight is 469 g/mol. The minimum atomic E-state index is 0.391. The van der Waals surface area contributed by atoms with Gasteiger partial charge in [0, 0.05) is 21.7 Å². The van der Waals surface area contributed by atoms with Crippen LogP contribution in [-0.2, 0) is 19.4 Å². The van der Waals surface area contributed by atoms with Gasteiger partial charge in [0.1, 0.15) is 12.4 Å². The van der Waals surface area contributed by atoms with Gasteiger partial charge >= 0.3 is 0 Å². The maximum absolute atomic E-state index is 5.76. The molecule has 4 nitrogen and oxygen atoms in total. The maximum atomic E-state index is 5.76. The Hall–Kier alpha value is -1.31. The summed E-state index contributed by atoms with van der Waals surface area (Å²) in [4.78, 5) is 0. The van der Waals surface area contributed by atoms with Crippen LogP contribution >= 0.6 is 43.6 Å². The molecule has 3 aromatic rings. The molecule has 0 aliphatic carbocycles. The number of hydrogen-bond donors (Lipinski definition) is 0. The number of thioether (sulfide) groups is 1. The monoisotopic (exact) mass is 467 g/mol. The van der Waals surface area contributed by atoms with Crippen LogP contribution in [0.15, 0.2) is 62.6 Å². The first kappa shape index (κ1) is 17.5. The quantitative estimate of drug-likeness (QED) is 0.465. The predicted octanol–water partition coefficient (Wildman–Crippen LogP) is 5.21. The van der Waals surface area contributed by atoms with Gasteiger partial charge in [-0.25, -0.2) is 0 Å². The van der Waals surface area contributed by atoms with E-state index < -0.39 is 0 Å². The van der Waals surface area contributed by atoms with Crippen molar-refractivity contribution in [2.75, 3.05) is 0 Å². The third-order valence-corrected chi connectivity index (χ3v) is 5.48. The fourth-order valence-corrected chi connectivity index (χ4v) is 3.63. The molecule has 0 radical (unpaired) electrons. The Labute approximate surface area is 161 Å². The molecule has 0 aliphatic heterocycles. The van der Waals surface area contributed by atoms with Crippen LogP contribution in [0.3, 0.4) is 0 Å². The highest BCUT2D eigenvalue weighted by molar-refractivity contribution is 9.10. The first-order valence-corrected chi connectivity index (χ1v) is 9.83. The van der Waals surface area contributed by atoms with E-state index >= 15 is 0 Å². The predicted molar refractivity (Wildman–Crippen MR) is 103 cm³/mol. The molecule has 0 amide bonds. The summed E-state index contributed by atoms with van der Waals surface area (Å²) in [5.74, 6) is 2.46. The van der Waals surface area contributed by atoms with E-state index in [1.165, 1.54) is 5.56 Å². The van der Waals surface area contributed by atoms with E-state index in [1.807, 2.05) is 48.0 Å². The second-order valence-electron chi connectivity index (χ2n) is 5.12. The molecule has 1 aromatic heterocycles. The van der Waals surface area contributed by atoms with E-state index in [1.54, 1.807) is 11.8 Å². The Kier molecular flexibility index (Phi) is 5.97. The summed E-state index contributed by atoms with van der Waals surface area (Å²) in [6, 6.07) is 16.0. The third-order valence-electron chi connectivity index (χ3n) is 3.36. The molecule has 0 bridgehead atoms. The van der Waals surface area contributed by atoms with Crippen molar-refractivity contribution < 1.29 is 4.74 Å². The number of hydrogen-bond acceptors (Lipinski definition) is 4. The standard InChI is InChI=1S/C17H15Br2N3OS/c1-22-16(10-23-15-7-5-13(18)6-8-15)20-21-17(22)24-11-12-3-2-4-14(19)9-12/h2-9H,10-11H2,1H3. The molecule has 0 N–H and O–H groups in total. The molecular weight excluding hydrogens is 454 g/mol. The molecule has 0 unspecified atom stereocenters. The lowest BCUT2D eigenvalue weighted by molar-refractivity contribution is 0.290. The lowest BCUT2D eigenvalue weighted by Gasteiger charge is -2.07. The van der Waals surface area contributed by atoms with Crippen molar-refractivity contribution in [3.05, 3.63) is 68.9 Å². The first-order valence-electron chi connectivity index (χ1n) is 7.26. The molecule has 124 valence electrons. The van der Waals surface area contributed by atoms with Gasteiger partial charge in [0.2, 0.25) is 0 Å². The Bertz CT molecular complexity index is 821. The Morgan fingerprint density at radius 2 is 1.83 bits per heavy atom. The van der Waals surface area contributed by atoms with Crippen LogP contribution in [0.25, 0.3) is 0 Å². The van der Waals surface area contributed by atoms with E-state index in [4.69, 9.17) is 4.74 Å². The van der Waals surface area contributed by atoms with Gasteiger partial charge < -0.3 is 9.30 Å². The van der Waals surface area contributed by atoms with Crippen LogP contribution in [0.4, 0.5) is 0 Å². The lowest BCUT2D eigenvalue weighted by Crippen LogP contribution is -2.04. The average Bonchev–Trinajstić information content (AvgIpc) is 2.93. The zero-order valence-corrected chi connectivity index (χ0v) is 16.9. The van der Waals surface area contributed by atoms with Crippen LogP contribution in [0.1, 0.15) is 11.4 Å². The van der Waals surface area contributed by atoms with Gasteiger partial charge in [-0.1, -0.05) is 55.8 Å². The topological polar surface area (TPSA) is 39.9 Å². The molecule has 0 atom stereocenters. The van der Waals surface area contributed by atoms with Gasteiger partial charge in [0.25, 0.3) is 0 Å². The van der Waals surface area contributed by atoms with Gasteiger partial charge in [-0.15, -0.1) is 10.2 Å². The van der Waals surface area contributed by atoms with Crippen molar-refractivity contribution in [1.29, 1.82) is 0 Å². The molecule has 0 fully saturated rings. The molecule has 7 heteroatoms. The zero-order valence-electron chi connectivity index (χ0n) is 12.9.